The van der Waals surface area contributed by atoms with Crippen LogP contribution in [0.25, 0.3) is 0 Å². The predicted octanol–water partition coefficient (Wildman–Crippen LogP) is 14.5. The third kappa shape index (κ3) is 38.7. The van der Waals surface area contributed by atoms with Gasteiger partial charge in [0.15, 0.2) is 6.10 Å². The van der Waals surface area contributed by atoms with Crippen molar-refractivity contribution in [2.75, 3.05) is 46.0 Å². The Kier molecular flexibility index (Phi) is 42.6. The minimum Gasteiger partial charge on any atom is -0.756 e. The van der Waals surface area contributed by atoms with Crippen LogP contribution in [0.5, 0.6) is 0 Å². The van der Waals surface area contributed by atoms with Crippen LogP contribution < -0.4 is 4.89 Å². The summed E-state index contributed by atoms with van der Waals surface area (Å²) in [4.78, 5) is 38.3. The lowest BCUT2D eigenvalue weighted by atomic mass is 10.0. The zero-order valence-electron chi connectivity index (χ0n) is 40.4. The van der Waals surface area contributed by atoms with Crippen LogP contribution in [0, 0.1) is 0 Å². The minimum absolute atomic E-state index is 0.0265. The molecule has 0 aliphatic rings. The second kappa shape index (κ2) is 43.3. The van der Waals surface area contributed by atoms with Crippen molar-refractivity contribution in [2.45, 2.75) is 265 Å². The largest absolute Gasteiger partial charge is 0.756 e. The lowest BCUT2D eigenvalue weighted by Gasteiger charge is -2.39. The summed E-state index contributed by atoms with van der Waals surface area (Å²) in [7, 11) is -4.67. The number of nitrogens with zero attached hydrogens (tertiary/aromatic N) is 1. The zero-order chi connectivity index (χ0) is 44.3. The average molecular weight is 874 g/mol. The molecule has 2 unspecified atom stereocenters. The molecule has 0 saturated heterocycles. The number of hydrogen-bond acceptors (Lipinski definition) is 8. The molecule has 0 aliphatic carbocycles. The summed E-state index contributed by atoms with van der Waals surface area (Å²) in [5.74, 6) is -0.800. The van der Waals surface area contributed by atoms with Gasteiger partial charge in [0, 0.05) is 12.8 Å². The van der Waals surface area contributed by atoms with Crippen molar-refractivity contribution in [1.82, 2.24) is 0 Å². The second-order valence-corrected chi connectivity index (χ2v) is 19.4. The predicted molar refractivity (Wildman–Crippen MR) is 250 cm³/mol. The van der Waals surface area contributed by atoms with Crippen LogP contribution in [0.4, 0.5) is 0 Å². The number of unbranched alkanes of at least 4 members (excludes halogenated alkanes) is 28. The molecule has 60 heavy (non-hydrogen) atoms. The highest BCUT2D eigenvalue weighted by atomic mass is 31.2. The Morgan fingerprint density at radius 1 is 0.433 bits per heavy atom. The van der Waals surface area contributed by atoms with Crippen LogP contribution in [-0.2, 0) is 32.7 Å². The molecule has 0 amide bonds. The van der Waals surface area contributed by atoms with Gasteiger partial charge in [-0.25, -0.2) is 0 Å². The Hall–Kier alpha value is -0.990. The molecule has 0 rings (SSSR count). The maximum Gasteiger partial charge on any atom is 0.306 e. The molecular weight excluding hydrogens is 774 g/mol. The van der Waals surface area contributed by atoms with Gasteiger partial charge in [0.05, 0.1) is 26.2 Å². The van der Waals surface area contributed by atoms with E-state index in [-0.39, 0.29) is 32.0 Å². The number of phosphoric acid groups is 1. The molecule has 358 valence electrons. The molecule has 0 heterocycles. The average Bonchev–Trinajstić information content (AvgIpc) is 3.22. The van der Waals surface area contributed by atoms with Gasteiger partial charge in [0.25, 0.3) is 7.82 Å². The normalized spacial score (nSPS) is 13.4. The molecule has 0 aromatic rings. The van der Waals surface area contributed by atoms with Gasteiger partial charge in [-0.05, 0) is 32.1 Å². The van der Waals surface area contributed by atoms with Gasteiger partial charge in [-0.2, -0.15) is 0 Å². The molecule has 0 aliphatic heterocycles. The molecule has 0 radical (unpaired) electrons. The standard InChI is InChI=1S/C50H100NO8P/c1-6-11-13-15-17-19-21-23-25-27-29-31-33-35-37-39-49(52)56-46-48(47-58-60(54,55)57-45-44-51(41-8-3,42-9-4)43-10-5)59-50(53)40-38-36-34-32-30-28-26-24-22-20-18-16-14-12-7-2/h48H,6-47H2,1-5H3. The molecule has 0 N–H and O–H groups in total. The molecule has 2 atom stereocenters. The Labute approximate surface area is 372 Å². The Bertz CT molecular complexity index is 980. The smallest absolute Gasteiger partial charge is 0.306 e. The summed E-state index contributed by atoms with van der Waals surface area (Å²) in [6.07, 6.45) is 39.9. The topological polar surface area (TPSA) is 111 Å². The van der Waals surface area contributed by atoms with Crippen molar-refractivity contribution < 1.29 is 42.1 Å². The van der Waals surface area contributed by atoms with Crippen LogP contribution in [0.1, 0.15) is 259 Å². The molecule has 10 heteroatoms. The van der Waals surface area contributed by atoms with E-state index >= 15 is 0 Å². The third-order valence-electron chi connectivity index (χ3n) is 12.0. The van der Waals surface area contributed by atoms with Gasteiger partial charge in [-0.15, -0.1) is 0 Å². The molecule has 0 fully saturated rings. The summed E-state index contributed by atoms with van der Waals surface area (Å²) in [5.41, 5.74) is 0. The van der Waals surface area contributed by atoms with E-state index in [9.17, 15) is 19.0 Å². The second-order valence-electron chi connectivity index (χ2n) is 18.0. The Morgan fingerprint density at radius 2 is 0.767 bits per heavy atom. The number of ether oxygens (including phenoxy) is 2. The molecule has 0 aromatic heterocycles. The first kappa shape index (κ1) is 59.0. The van der Waals surface area contributed by atoms with E-state index in [1.807, 2.05) is 0 Å². The number of rotatable bonds is 48. The first-order valence-electron chi connectivity index (χ1n) is 26.0. The molecule has 0 bridgehead atoms. The lowest BCUT2D eigenvalue weighted by Crippen LogP contribution is -2.51. The van der Waals surface area contributed by atoms with E-state index < -0.39 is 26.5 Å². The van der Waals surface area contributed by atoms with E-state index in [2.05, 4.69) is 34.6 Å². The highest BCUT2D eigenvalue weighted by Crippen LogP contribution is 2.38. The highest BCUT2D eigenvalue weighted by Gasteiger charge is 2.26. The SMILES string of the molecule is CCCCCCCCCCCCCCCCCC(=O)OCC(COP(=O)([O-])OCC[N+](CCC)(CCC)CCC)OC(=O)CCCCCCCCCCCCCCCCC. The van der Waals surface area contributed by atoms with Gasteiger partial charge in [0.2, 0.25) is 0 Å². The summed E-state index contributed by atoms with van der Waals surface area (Å²) in [6, 6.07) is 0. The number of quaternary nitrogens is 1. The first-order valence-corrected chi connectivity index (χ1v) is 27.4. The van der Waals surface area contributed by atoms with Gasteiger partial charge in [-0.3, -0.25) is 14.2 Å². The van der Waals surface area contributed by atoms with E-state index in [0.29, 0.717) is 13.0 Å². The lowest BCUT2D eigenvalue weighted by molar-refractivity contribution is -0.928. The highest BCUT2D eigenvalue weighted by molar-refractivity contribution is 7.45. The summed E-state index contributed by atoms with van der Waals surface area (Å²) in [6.45, 7) is 13.8. The van der Waals surface area contributed by atoms with Gasteiger partial charge >= 0.3 is 11.9 Å². The third-order valence-corrected chi connectivity index (χ3v) is 13.0. The monoisotopic (exact) mass is 874 g/mol. The van der Waals surface area contributed by atoms with Gasteiger partial charge in [0.1, 0.15) is 19.8 Å². The van der Waals surface area contributed by atoms with E-state index in [1.165, 1.54) is 154 Å². The molecule has 0 saturated carbocycles. The van der Waals surface area contributed by atoms with Crippen molar-refractivity contribution in [3.8, 4) is 0 Å². The van der Waals surface area contributed by atoms with Crippen LogP contribution in [0.2, 0.25) is 0 Å². The van der Waals surface area contributed by atoms with Crippen LogP contribution in [0.3, 0.4) is 0 Å². The Morgan fingerprint density at radius 3 is 1.12 bits per heavy atom. The van der Waals surface area contributed by atoms with Crippen LogP contribution >= 0.6 is 7.82 Å². The number of esters is 2. The van der Waals surface area contributed by atoms with Crippen molar-refractivity contribution in [2.24, 2.45) is 0 Å². The van der Waals surface area contributed by atoms with E-state index in [1.54, 1.807) is 0 Å². The van der Waals surface area contributed by atoms with Crippen molar-refractivity contribution in [3.05, 3.63) is 0 Å². The maximum absolute atomic E-state index is 12.9. The van der Waals surface area contributed by atoms with Crippen LogP contribution in [0.15, 0.2) is 0 Å². The van der Waals surface area contributed by atoms with E-state index in [0.717, 1.165) is 75.5 Å². The number of carbonyl (C=O) groups excluding carboxylic acids is 2. The number of carbonyl (C=O) groups is 2. The van der Waals surface area contributed by atoms with Gasteiger partial charge in [-0.1, -0.05) is 214 Å². The molecular formula is C50H100NO8P. The summed E-state index contributed by atoms with van der Waals surface area (Å²) >= 11 is 0. The Balaban J connectivity index is 4.64. The van der Waals surface area contributed by atoms with Crippen molar-refractivity contribution in [1.29, 1.82) is 0 Å². The summed E-state index contributed by atoms with van der Waals surface area (Å²) < 4.78 is 35.4. The molecule has 0 aromatic carbocycles. The number of hydrogen-bond donors (Lipinski definition) is 0. The molecule has 0 spiro atoms. The fourth-order valence-corrected chi connectivity index (χ4v) is 9.28. The zero-order valence-corrected chi connectivity index (χ0v) is 41.3. The fraction of sp³-hybridized carbons (Fsp3) is 0.960. The van der Waals surface area contributed by atoms with Crippen LogP contribution in [-0.4, -0.2) is 68.5 Å². The quantitative estimate of drug-likeness (QED) is 0.0257. The maximum atomic E-state index is 12.9. The minimum atomic E-state index is -4.67. The molecule has 9 nitrogen and oxygen atoms in total. The van der Waals surface area contributed by atoms with E-state index in [4.69, 9.17) is 18.5 Å². The summed E-state index contributed by atoms with van der Waals surface area (Å²) in [5, 5.41) is 0. The fourth-order valence-electron chi connectivity index (χ4n) is 8.55. The van der Waals surface area contributed by atoms with Crippen molar-refractivity contribution in [3.63, 3.8) is 0 Å². The first-order chi connectivity index (χ1) is 29.2. The van der Waals surface area contributed by atoms with Crippen molar-refractivity contribution >= 4 is 19.8 Å². The number of phosphoric ester groups is 1. The van der Waals surface area contributed by atoms with Gasteiger partial charge < -0.3 is 27.9 Å².